The molecule has 2 fully saturated rings. The van der Waals surface area contributed by atoms with Crippen molar-refractivity contribution in [1.82, 2.24) is 15.1 Å². The van der Waals surface area contributed by atoms with Crippen molar-refractivity contribution in [1.29, 1.82) is 0 Å². The van der Waals surface area contributed by atoms with Crippen LogP contribution in [0.2, 0.25) is 0 Å². The van der Waals surface area contributed by atoms with Gasteiger partial charge in [0, 0.05) is 50.4 Å². The number of amidine groups is 2. The molecule has 0 aliphatic carbocycles. The fraction of sp³-hybridized carbons (Fsp3) is 0.600. The minimum absolute atomic E-state index is 0.789. The Kier molecular flexibility index (Phi) is 6.47. The largest absolute Gasteiger partial charge is 0.379 e. The van der Waals surface area contributed by atoms with E-state index in [0.29, 0.717) is 0 Å². The van der Waals surface area contributed by atoms with E-state index in [4.69, 9.17) is 19.5 Å². The average molecular weight is 371 g/mol. The van der Waals surface area contributed by atoms with E-state index >= 15 is 0 Å². The van der Waals surface area contributed by atoms with Crippen LogP contribution in [-0.2, 0) is 9.47 Å². The minimum atomic E-state index is 0.789. The molecule has 1 N–H and O–H groups in total. The van der Waals surface area contributed by atoms with Crippen LogP contribution in [0.4, 0.5) is 0 Å². The molecule has 7 nitrogen and oxygen atoms in total. The molecule has 0 aromatic heterocycles. The highest BCUT2D eigenvalue weighted by Crippen LogP contribution is 2.16. The predicted molar refractivity (Wildman–Crippen MR) is 107 cm³/mol. The lowest BCUT2D eigenvalue weighted by molar-refractivity contribution is 0.0394. The first-order valence-corrected chi connectivity index (χ1v) is 9.96. The van der Waals surface area contributed by atoms with Gasteiger partial charge in [0.05, 0.1) is 39.5 Å². The highest BCUT2D eigenvalue weighted by Gasteiger charge is 2.22. The van der Waals surface area contributed by atoms with E-state index in [1.54, 1.807) is 0 Å². The molecule has 1 aromatic rings. The summed E-state index contributed by atoms with van der Waals surface area (Å²) in [6.07, 6.45) is 0. The lowest BCUT2D eigenvalue weighted by atomic mass is 10.1. The monoisotopic (exact) mass is 371 g/mol. The number of fused-ring (bicyclic) bond motifs is 1. The molecule has 3 aliphatic heterocycles. The summed E-state index contributed by atoms with van der Waals surface area (Å²) in [5, 5.41) is 3.45. The summed E-state index contributed by atoms with van der Waals surface area (Å²) < 4.78 is 10.8. The number of morpholine rings is 2. The molecule has 1 aromatic carbocycles. The van der Waals surface area contributed by atoms with E-state index in [1.165, 1.54) is 0 Å². The van der Waals surface area contributed by atoms with Gasteiger partial charge >= 0.3 is 0 Å². The van der Waals surface area contributed by atoms with Gasteiger partial charge in [0.2, 0.25) is 0 Å². The fourth-order valence-corrected chi connectivity index (χ4v) is 3.65. The molecule has 4 rings (SSSR count). The Hall–Kier alpha value is -1.80. The lowest BCUT2D eigenvalue weighted by Gasteiger charge is -2.25. The van der Waals surface area contributed by atoms with Crippen LogP contribution in [0.3, 0.4) is 0 Å². The van der Waals surface area contributed by atoms with Gasteiger partial charge in [-0.1, -0.05) is 24.3 Å². The van der Waals surface area contributed by atoms with E-state index in [9.17, 15) is 0 Å². The first kappa shape index (κ1) is 18.6. The van der Waals surface area contributed by atoms with Gasteiger partial charge in [-0.3, -0.25) is 19.8 Å². The standard InChI is InChI=1S/C20H29N5O2/c1-2-4-18-17(3-1)19(21-5-7-24-9-13-26-14-10-24)23-20(18)22-6-8-25-11-15-27-16-12-25/h1-4H,5-16H2,(H,21,22,23). The van der Waals surface area contributed by atoms with E-state index in [1.807, 2.05) is 0 Å². The maximum atomic E-state index is 5.41. The van der Waals surface area contributed by atoms with Gasteiger partial charge in [-0.25, -0.2) is 0 Å². The third-order valence-electron chi connectivity index (χ3n) is 5.25. The summed E-state index contributed by atoms with van der Waals surface area (Å²) in [5.41, 5.74) is 2.31. The molecule has 3 aliphatic rings. The summed E-state index contributed by atoms with van der Waals surface area (Å²) in [6, 6.07) is 8.38. The molecule has 0 radical (unpaired) electrons. The van der Waals surface area contributed by atoms with Gasteiger partial charge in [0.15, 0.2) is 0 Å². The second kappa shape index (κ2) is 9.41. The Labute approximate surface area is 161 Å². The molecular formula is C20H29N5O2. The number of aliphatic imine (C=N–C) groups is 2. The first-order valence-electron chi connectivity index (χ1n) is 9.96. The van der Waals surface area contributed by atoms with E-state index in [2.05, 4.69) is 39.4 Å². The Morgan fingerprint density at radius 1 is 0.741 bits per heavy atom. The lowest BCUT2D eigenvalue weighted by Crippen LogP contribution is -2.38. The van der Waals surface area contributed by atoms with Crippen LogP contribution in [0, 0.1) is 0 Å². The molecule has 0 bridgehead atoms. The molecule has 0 atom stereocenters. The third kappa shape index (κ3) is 4.93. The molecule has 2 saturated heterocycles. The van der Waals surface area contributed by atoms with Gasteiger partial charge in [0.1, 0.15) is 11.7 Å². The Balaban J connectivity index is 1.36. The van der Waals surface area contributed by atoms with Gasteiger partial charge < -0.3 is 14.8 Å². The molecule has 0 spiro atoms. The van der Waals surface area contributed by atoms with Gasteiger partial charge in [-0.2, -0.15) is 0 Å². The van der Waals surface area contributed by atoms with Crippen LogP contribution in [0.1, 0.15) is 11.1 Å². The first-order chi connectivity index (χ1) is 13.4. The number of hydrogen-bond donors (Lipinski definition) is 1. The molecule has 27 heavy (non-hydrogen) atoms. The molecule has 0 saturated carbocycles. The molecule has 3 heterocycles. The minimum Gasteiger partial charge on any atom is -0.379 e. The van der Waals surface area contributed by atoms with Crippen LogP contribution in [0.25, 0.3) is 0 Å². The molecular weight excluding hydrogens is 342 g/mol. The SMILES string of the molecule is c1ccc2c(c1)C(=NCCN1CCOCC1)NC2=NCCN1CCOCC1. The Morgan fingerprint density at radius 2 is 1.19 bits per heavy atom. The van der Waals surface area contributed by atoms with Crippen molar-refractivity contribution in [3.8, 4) is 0 Å². The van der Waals surface area contributed by atoms with Crippen LogP contribution in [0.15, 0.2) is 34.3 Å². The summed E-state index contributed by atoms with van der Waals surface area (Å²) in [6.45, 7) is 10.9. The van der Waals surface area contributed by atoms with Crippen molar-refractivity contribution in [2.24, 2.45) is 9.98 Å². The van der Waals surface area contributed by atoms with Crippen molar-refractivity contribution in [2.75, 3.05) is 78.8 Å². The van der Waals surface area contributed by atoms with Crippen molar-refractivity contribution in [3.63, 3.8) is 0 Å². The Morgan fingerprint density at radius 3 is 1.63 bits per heavy atom. The van der Waals surface area contributed by atoms with Crippen LogP contribution < -0.4 is 5.32 Å². The molecule has 7 heteroatoms. The fourth-order valence-electron chi connectivity index (χ4n) is 3.65. The summed E-state index contributed by atoms with van der Waals surface area (Å²) in [5.74, 6) is 1.90. The Bertz CT molecular complexity index is 622. The smallest absolute Gasteiger partial charge is 0.134 e. The second-order valence-electron chi connectivity index (χ2n) is 7.04. The number of ether oxygens (including phenoxy) is 2. The highest BCUT2D eigenvalue weighted by molar-refractivity contribution is 6.25. The van der Waals surface area contributed by atoms with E-state index in [0.717, 1.165) is 102 Å². The number of hydrogen-bond acceptors (Lipinski definition) is 6. The number of benzene rings is 1. The number of rotatable bonds is 6. The van der Waals surface area contributed by atoms with Crippen molar-refractivity contribution in [3.05, 3.63) is 35.4 Å². The second-order valence-corrected chi connectivity index (χ2v) is 7.04. The zero-order valence-electron chi connectivity index (χ0n) is 15.9. The maximum absolute atomic E-state index is 5.41. The van der Waals surface area contributed by atoms with Crippen LogP contribution in [0.5, 0.6) is 0 Å². The average Bonchev–Trinajstić information content (AvgIpc) is 3.08. The zero-order valence-corrected chi connectivity index (χ0v) is 15.9. The predicted octanol–water partition coefficient (Wildman–Crippen LogP) is 0.447. The number of nitrogens with one attached hydrogen (secondary N) is 1. The summed E-state index contributed by atoms with van der Waals surface area (Å²) in [4.78, 5) is 14.5. The zero-order chi connectivity index (χ0) is 18.3. The van der Waals surface area contributed by atoms with E-state index < -0.39 is 0 Å². The number of nitrogens with zero attached hydrogens (tertiary/aromatic N) is 4. The summed E-state index contributed by atoms with van der Waals surface area (Å²) in [7, 11) is 0. The van der Waals surface area contributed by atoms with E-state index in [-0.39, 0.29) is 0 Å². The van der Waals surface area contributed by atoms with Crippen molar-refractivity contribution >= 4 is 11.7 Å². The quantitative estimate of drug-likeness (QED) is 0.787. The van der Waals surface area contributed by atoms with Gasteiger partial charge in [-0.15, -0.1) is 0 Å². The molecule has 0 unspecified atom stereocenters. The topological polar surface area (TPSA) is 61.7 Å². The van der Waals surface area contributed by atoms with Crippen LogP contribution >= 0.6 is 0 Å². The third-order valence-corrected chi connectivity index (χ3v) is 5.25. The van der Waals surface area contributed by atoms with Gasteiger partial charge in [-0.05, 0) is 0 Å². The normalized spacial score (nSPS) is 24.3. The van der Waals surface area contributed by atoms with Crippen LogP contribution in [-0.4, -0.2) is 100 Å². The molecule has 146 valence electrons. The summed E-state index contributed by atoms with van der Waals surface area (Å²) >= 11 is 0. The highest BCUT2D eigenvalue weighted by atomic mass is 16.5. The van der Waals surface area contributed by atoms with Crippen molar-refractivity contribution in [2.45, 2.75) is 0 Å². The maximum Gasteiger partial charge on any atom is 0.134 e. The molecule has 0 amide bonds. The van der Waals surface area contributed by atoms with Gasteiger partial charge in [0.25, 0.3) is 0 Å². The van der Waals surface area contributed by atoms with Crippen molar-refractivity contribution < 1.29 is 9.47 Å².